The van der Waals surface area contributed by atoms with Crippen LogP contribution in [0.1, 0.15) is 45.2 Å². The minimum atomic E-state index is -0.345. The summed E-state index contributed by atoms with van der Waals surface area (Å²) in [6.45, 7) is 7.16. The predicted octanol–water partition coefficient (Wildman–Crippen LogP) is 2.63. The molecule has 0 radical (unpaired) electrons. The summed E-state index contributed by atoms with van der Waals surface area (Å²) < 4.78 is 0. The van der Waals surface area contributed by atoms with E-state index in [-0.39, 0.29) is 35.7 Å². The average Bonchev–Trinajstić information content (AvgIpc) is 2.47. The normalized spacial score (nSPS) is 21.7. The Morgan fingerprint density at radius 1 is 1.35 bits per heavy atom. The lowest BCUT2D eigenvalue weighted by Crippen LogP contribution is -2.49. The molecule has 0 bridgehead atoms. The van der Waals surface area contributed by atoms with Crippen molar-refractivity contribution in [2.75, 3.05) is 18.4 Å². The van der Waals surface area contributed by atoms with Crippen LogP contribution in [0.25, 0.3) is 0 Å². The molecule has 1 aliphatic rings. The van der Waals surface area contributed by atoms with Gasteiger partial charge in [0.1, 0.15) is 0 Å². The molecule has 1 fully saturated rings. The van der Waals surface area contributed by atoms with Crippen molar-refractivity contribution in [2.45, 2.75) is 39.7 Å². The maximum absolute atomic E-state index is 12.5. The van der Waals surface area contributed by atoms with Gasteiger partial charge in [-0.1, -0.05) is 12.1 Å². The summed E-state index contributed by atoms with van der Waals surface area (Å²) in [7, 11) is 0. The van der Waals surface area contributed by atoms with Gasteiger partial charge in [-0.25, -0.2) is 0 Å². The smallest absolute Gasteiger partial charge is 0.227 e. The zero-order chi connectivity index (χ0) is 16.2. The molecule has 0 aromatic heterocycles. The van der Waals surface area contributed by atoms with Crippen molar-refractivity contribution in [1.29, 1.82) is 0 Å². The van der Waals surface area contributed by atoms with Gasteiger partial charge in [0.15, 0.2) is 0 Å². The van der Waals surface area contributed by atoms with Crippen molar-refractivity contribution in [3.8, 4) is 0 Å². The topological polar surface area (TPSA) is 70.2 Å². The van der Waals surface area contributed by atoms with E-state index in [2.05, 4.69) is 16.0 Å². The lowest BCUT2D eigenvalue weighted by molar-refractivity contribution is -0.131. The highest BCUT2D eigenvalue weighted by molar-refractivity contribution is 5.88. The first-order chi connectivity index (χ1) is 10.4. The van der Waals surface area contributed by atoms with Gasteiger partial charge in [-0.3, -0.25) is 9.59 Å². The van der Waals surface area contributed by atoms with Crippen molar-refractivity contribution in [3.05, 3.63) is 29.8 Å². The first-order valence-corrected chi connectivity index (χ1v) is 7.80. The highest BCUT2D eigenvalue weighted by Crippen LogP contribution is 2.27. The molecule has 1 aromatic rings. The number of hydrogen-bond acceptors (Lipinski definition) is 3. The largest absolute Gasteiger partial charge is 0.349 e. The fourth-order valence-corrected chi connectivity index (χ4v) is 2.79. The fourth-order valence-electron chi connectivity index (χ4n) is 2.79. The summed E-state index contributed by atoms with van der Waals surface area (Å²) in [5, 5.41) is 9.15. The van der Waals surface area contributed by atoms with E-state index in [0.717, 1.165) is 37.2 Å². The Morgan fingerprint density at radius 2 is 2.09 bits per heavy atom. The summed E-state index contributed by atoms with van der Waals surface area (Å²) in [4.78, 5) is 23.7. The van der Waals surface area contributed by atoms with Crippen molar-refractivity contribution < 1.29 is 9.59 Å². The minimum absolute atomic E-state index is 0. The van der Waals surface area contributed by atoms with Crippen molar-refractivity contribution in [1.82, 2.24) is 10.6 Å². The maximum Gasteiger partial charge on any atom is 0.227 e. The molecule has 2 unspecified atom stereocenters. The molecule has 0 saturated carbocycles. The Balaban J connectivity index is 0.00000264. The molecular weight excluding hydrogens is 314 g/mol. The number of benzene rings is 1. The van der Waals surface area contributed by atoms with Crippen LogP contribution in [0.3, 0.4) is 0 Å². The number of hydrogen-bond donors (Lipinski definition) is 3. The van der Waals surface area contributed by atoms with E-state index < -0.39 is 0 Å². The summed E-state index contributed by atoms with van der Waals surface area (Å²) in [6, 6.07) is 7.48. The van der Waals surface area contributed by atoms with Crippen LogP contribution in [0, 0.1) is 5.41 Å². The second-order valence-corrected chi connectivity index (χ2v) is 6.34. The number of carbonyl (C=O) groups excluding carboxylic acids is 2. The van der Waals surface area contributed by atoms with E-state index >= 15 is 0 Å². The van der Waals surface area contributed by atoms with Crippen LogP contribution in [0.4, 0.5) is 5.69 Å². The van der Waals surface area contributed by atoms with Crippen molar-refractivity contribution in [3.63, 3.8) is 0 Å². The molecule has 23 heavy (non-hydrogen) atoms. The zero-order valence-electron chi connectivity index (χ0n) is 13.9. The molecule has 0 spiro atoms. The van der Waals surface area contributed by atoms with Gasteiger partial charge in [0.2, 0.25) is 11.8 Å². The van der Waals surface area contributed by atoms with Gasteiger partial charge < -0.3 is 16.0 Å². The van der Waals surface area contributed by atoms with E-state index in [9.17, 15) is 9.59 Å². The highest BCUT2D eigenvalue weighted by atomic mass is 35.5. The fraction of sp³-hybridized carbons (Fsp3) is 0.529. The van der Waals surface area contributed by atoms with Crippen LogP contribution >= 0.6 is 12.4 Å². The number of halogens is 1. The SMILES string of the molecule is CC(=O)Nc1cccc(C(C)NC(=O)C2(C)CCCNC2)c1.Cl. The first kappa shape index (κ1) is 19.5. The molecular formula is C17H26ClN3O2. The van der Waals surface area contributed by atoms with Crippen LogP contribution in [-0.2, 0) is 9.59 Å². The van der Waals surface area contributed by atoms with Crippen LogP contribution in [0.15, 0.2) is 24.3 Å². The van der Waals surface area contributed by atoms with Gasteiger partial charge in [0.05, 0.1) is 11.5 Å². The molecule has 1 heterocycles. The Labute approximate surface area is 144 Å². The summed E-state index contributed by atoms with van der Waals surface area (Å²) in [5.41, 5.74) is 1.38. The Bertz CT molecular complexity index is 557. The minimum Gasteiger partial charge on any atom is -0.349 e. The first-order valence-electron chi connectivity index (χ1n) is 7.80. The standard InChI is InChI=1S/C17H25N3O2.ClH/c1-12(14-6-4-7-15(10-14)20-13(2)21)19-16(22)17(3)8-5-9-18-11-17;/h4,6-7,10,12,18H,5,8-9,11H2,1-3H3,(H,19,22)(H,20,21);1H. The lowest BCUT2D eigenvalue weighted by atomic mass is 9.81. The van der Waals surface area contributed by atoms with E-state index in [1.54, 1.807) is 0 Å². The number of nitrogens with one attached hydrogen (secondary N) is 3. The molecule has 0 aliphatic carbocycles. The predicted molar refractivity (Wildman–Crippen MR) is 94.8 cm³/mol. The molecule has 128 valence electrons. The third-order valence-electron chi connectivity index (χ3n) is 4.20. The van der Waals surface area contributed by atoms with Gasteiger partial charge in [0.25, 0.3) is 0 Å². The van der Waals surface area contributed by atoms with Crippen molar-refractivity contribution in [2.24, 2.45) is 5.41 Å². The molecule has 6 heteroatoms. The Morgan fingerprint density at radius 3 is 2.70 bits per heavy atom. The Kier molecular flexibility index (Phi) is 7.03. The van der Waals surface area contributed by atoms with Gasteiger partial charge >= 0.3 is 0 Å². The van der Waals surface area contributed by atoms with E-state index in [1.807, 2.05) is 38.1 Å². The number of carbonyl (C=O) groups is 2. The lowest BCUT2D eigenvalue weighted by Gasteiger charge is -2.33. The summed E-state index contributed by atoms with van der Waals surface area (Å²) in [5.74, 6) is -0.0215. The molecule has 1 saturated heterocycles. The van der Waals surface area contributed by atoms with Crippen molar-refractivity contribution >= 4 is 29.9 Å². The van der Waals surface area contributed by atoms with Crippen LogP contribution in [0.2, 0.25) is 0 Å². The van der Waals surface area contributed by atoms with E-state index in [0.29, 0.717) is 0 Å². The van der Waals surface area contributed by atoms with Gasteiger partial charge in [-0.2, -0.15) is 0 Å². The molecule has 3 N–H and O–H groups in total. The Hall–Kier alpha value is -1.59. The number of rotatable bonds is 4. The third kappa shape index (κ3) is 5.22. The third-order valence-corrected chi connectivity index (χ3v) is 4.20. The van der Waals surface area contributed by atoms with Crippen LogP contribution < -0.4 is 16.0 Å². The van der Waals surface area contributed by atoms with E-state index in [4.69, 9.17) is 0 Å². The zero-order valence-corrected chi connectivity index (χ0v) is 14.8. The summed E-state index contributed by atoms with van der Waals surface area (Å²) >= 11 is 0. The van der Waals surface area contributed by atoms with Gasteiger partial charge in [0, 0.05) is 19.2 Å². The average molecular weight is 340 g/mol. The summed E-state index contributed by atoms with van der Waals surface area (Å²) in [6.07, 6.45) is 1.93. The number of anilines is 1. The number of amides is 2. The van der Waals surface area contributed by atoms with Crippen LogP contribution in [-0.4, -0.2) is 24.9 Å². The molecule has 2 amide bonds. The quantitative estimate of drug-likeness (QED) is 0.789. The molecule has 2 rings (SSSR count). The molecule has 5 nitrogen and oxygen atoms in total. The second-order valence-electron chi connectivity index (χ2n) is 6.34. The molecule has 1 aromatic carbocycles. The highest BCUT2D eigenvalue weighted by Gasteiger charge is 2.35. The molecule has 1 aliphatic heterocycles. The van der Waals surface area contributed by atoms with E-state index in [1.165, 1.54) is 6.92 Å². The van der Waals surface area contributed by atoms with Gasteiger partial charge in [-0.15, -0.1) is 12.4 Å². The number of piperidine rings is 1. The van der Waals surface area contributed by atoms with Crippen LogP contribution in [0.5, 0.6) is 0 Å². The monoisotopic (exact) mass is 339 g/mol. The molecule has 2 atom stereocenters. The maximum atomic E-state index is 12.5. The second kappa shape index (κ2) is 8.31. The van der Waals surface area contributed by atoms with Gasteiger partial charge in [-0.05, 0) is 50.9 Å².